The highest BCUT2D eigenvalue weighted by molar-refractivity contribution is 6.30. The third-order valence-electron chi connectivity index (χ3n) is 5.73. The number of nitrogens with one attached hydrogen (secondary N) is 1. The molecule has 1 aliphatic rings. The summed E-state index contributed by atoms with van der Waals surface area (Å²) < 4.78 is 2.01. The first-order chi connectivity index (χ1) is 13.0. The molecule has 1 aliphatic heterocycles. The molecule has 0 amide bonds. The van der Waals surface area contributed by atoms with Crippen molar-refractivity contribution in [3.8, 4) is 5.69 Å². The summed E-state index contributed by atoms with van der Waals surface area (Å²) in [6, 6.07) is 8.39. The minimum Gasteiger partial charge on any atom is -0.311 e. The van der Waals surface area contributed by atoms with E-state index in [4.69, 9.17) is 16.7 Å². The van der Waals surface area contributed by atoms with Crippen molar-refractivity contribution in [2.24, 2.45) is 0 Å². The summed E-state index contributed by atoms with van der Waals surface area (Å²) in [5.41, 5.74) is 4.60. The van der Waals surface area contributed by atoms with Gasteiger partial charge in [0.25, 0.3) is 0 Å². The summed E-state index contributed by atoms with van der Waals surface area (Å²) in [6.07, 6.45) is 0. The number of likely N-dealkylation sites (N-methyl/N-ethyl adjacent to an activating group) is 1. The number of nitrogens with zero attached hydrogens (tertiary/aromatic N) is 4. The number of hydrogen-bond donors (Lipinski definition) is 1. The van der Waals surface area contributed by atoms with Gasteiger partial charge in [-0.3, -0.25) is 4.90 Å². The van der Waals surface area contributed by atoms with E-state index in [0.29, 0.717) is 6.04 Å². The smallest absolute Gasteiger partial charge is 0.0649 e. The van der Waals surface area contributed by atoms with Gasteiger partial charge in [0.2, 0.25) is 0 Å². The maximum Gasteiger partial charge on any atom is 0.0649 e. The zero-order valence-electron chi connectivity index (χ0n) is 17.0. The number of rotatable bonds is 7. The highest BCUT2D eigenvalue weighted by Gasteiger charge is 2.20. The van der Waals surface area contributed by atoms with E-state index in [0.717, 1.165) is 36.0 Å². The SMILES string of the molecule is CCN1CCN(C(C)CNCc2c(C)nn(-c3ccc(Cl)cc3)c2C)CC1. The molecule has 1 unspecified atom stereocenters. The van der Waals surface area contributed by atoms with Crippen LogP contribution in [0.4, 0.5) is 0 Å². The normalized spacial score (nSPS) is 17.4. The molecule has 0 aliphatic carbocycles. The van der Waals surface area contributed by atoms with Gasteiger partial charge in [0.1, 0.15) is 0 Å². The molecule has 148 valence electrons. The molecule has 1 aromatic carbocycles. The lowest BCUT2D eigenvalue weighted by Gasteiger charge is -2.37. The van der Waals surface area contributed by atoms with E-state index < -0.39 is 0 Å². The second-order valence-electron chi connectivity index (χ2n) is 7.49. The fraction of sp³-hybridized carbons (Fsp3) is 0.571. The third-order valence-corrected chi connectivity index (χ3v) is 5.98. The Hall–Kier alpha value is -1.40. The first-order valence-electron chi connectivity index (χ1n) is 9.97. The molecule has 1 aromatic heterocycles. The third kappa shape index (κ3) is 4.91. The van der Waals surface area contributed by atoms with Gasteiger partial charge >= 0.3 is 0 Å². The van der Waals surface area contributed by atoms with E-state index in [1.165, 1.54) is 37.4 Å². The standard InChI is InChI=1S/C21H32ClN5/c1-5-25-10-12-26(13-11-25)16(2)14-23-15-21-17(3)24-27(18(21)4)20-8-6-19(22)7-9-20/h6-9,16,23H,5,10-15H2,1-4H3. The molecule has 0 bridgehead atoms. The molecule has 0 radical (unpaired) electrons. The van der Waals surface area contributed by atoms with Crippen LogP contribution in [0.5, 0.6) is 0 Å². The first kappa shape index (κ1) is 20.3. The highest BCUT2D eigenvalue weighted by Crippen LogP contribution is 2.19. The van der Waals surface area contributed by atoms with E-state index in [-0.39, 0.29) is 0 Å². The topological polar surface area (TPSA) is 36.3 Å². The first-order valence-corrected chi connectivity index (χ1v) is 10.4. The molecule has 0 spiro atoms. The van der Waals surface area contributed by atoms with Crippen molar-refractivity contribution >= 4 is 11.6 Å². The molecular formula is C21H32ClN5. The van der Waals surface area contributed by atoms with Crippen LogP contribution in [-0.2, 0) is 6.54 Å². The number of aryl methyl sites for hydroxylation is 1. The Morgan fingerprint density at radius 3 is 2.41 bits per heavy atom. The van der Waals surface area contributed by atoms with Crippen molar-refractivity contribution in [1.82, 2.24) is 24.9 Å². The number of halogens is 1. The number of benzene rings is 1. The Morgan fingerprint density at radius 2 is 1.78 bits per heavy atom. The second-order valence-corrected chi connectivity index (χ2v) is 7.92. The van der Waals surface area contributed by atoms with E-state index >= 15 is 0 Å². The van der Waals surface area contributed by atoms with Crippen molar-refractivity contribution in [3.63, 3.8) is 0 Å². The van der Waals surface area contributed by atoms with Gasteiger partial charge < -0.3 is 10.2 Å². The minimum absolute atomic E-state index is 0.552. The number of hydrogen-bond acceptors (Lipinski definition) is 4. The van der Waals surface area contributed by atoms with Gasteiger partial charge in [-0.15, -0.1) is 0 Å². The molecule has 2 aromatic rings. The van der Waals surface area contributed by atoms with Crippen molar-refractivity contribution < 1.29 is 0 Å². The van der Waals surface area contributed by atoms with Crippen LogP contribution >= 0.6 is 11.6 Å². The van der Waals surface area contributed by atoms with Crippen molar-refractivity contribution in [2.75, 3.05) is 39.3 Å². The summed E-state index contributed by atoms with van der Waals surface area (Å²) >= 11 is 6.01. The Labute approximate surface area is 168 Å². The van der Waals surface area contributed by atoms with Crippen LogP contribution in [0.2, 0.25) is 5.02 Å². The maximum atomic E-state index is 6.01. The van der Waals surface area contributed by atoms with Gasteiger partial charge in [0.05, 0.1) is 11.4 Å². The van der Waals surface area contributed by atoms with Crippen LogP contribution in [0.1, 0.15) is 30.8 Å². The van der Waals surface area contributed by atoms with Gasteiger partial charge in [0, 0.05) is 61.6 Å². The summed E-state index contributed by atoms with van der Waals surface area (Å²) in [7, 11) is 0. The van der Waals surface area contributed by atoms with Crippen molar-refractivity contribution in [3.05, 3.63) is 46.2 Å². The average Bonchev–Trinajstić information content (AvgIpc) is 2.96. The maximum absolute atomic E-state index is 6.01. The largest absolute Gasteiger partial charge is 0.311 e. The molecule has 1 N–H and O–H groups in total. The fourth-order valence-electron chi connectivity index (χ4n) is 3.82. The lowest BCUT2D eigenvalue weighted by atomic mass is 10.2. The van der Waals surface area contributed by atoms with Crippen LogP contribution in [0, 0.1) is 13.8 Å². The molecular weight excluding hydrogens is 358 g/mol. The van der Waals surface area contributed by atoms with E-state index in [1.54, 1.807) is 0 Å². The minimum atomic E-state index is 0.552. The second kappa shape index (κ2) is 9.20. The molecule has 1 atom stereocenters. The van der Waals surface area contributed by atoms with E-state index in [9.17, 15) is 0 Å². The monoisotopic (exact) mass is 389 g/mol. The Kier molecular flexibility index (Phi) is 6.93. The molecule has 1 saturated heterocycles. The van der Waals surface area contributed by atoms with Crippen LogP contribution in [0.25, 0.3) is 5.69 Å². The zero-order valence-corrected chi connectivity index (χ0v) is 17.8. The van der Waals surface area contributed by atoms with Gasteiger partial charge in [-0.1, -0.05) is 18.5 Å². The van der Waals surface area contributed by atoms with Crippen molar-refractivity contribution in [2.45, 2.75) is 40.3 Å². The predicted molar refractivity (Wildman–Crippen MR) is 113 cm³/mol. The zero-order chi connectivity index (χ0) is 19.4. The highest BCUT2D eigenvalue weighted by atomic mass is 35.5. The fourth-order valence-corrected chi connectivity index (χ4v) is 3.95. The molecule has 5 nitrogen and oxygen atoms in total. The predicted octanol–water partition coefficient (Wildman–Crippen LogP) is 3.26. The summed E-state index contributed by atoms with van der Waals surface area (Å²) in [4.78, 5) is 5.12. The van der Waals surface area contributed by atoms with Crippen LogP contribution in [0.15, 0.2) is 24.3 Å². The Bertz CT molecular complexity index is 732. The Balaban J connectivity index is 1.56. The molecule has 2 heterocycles. The van der Waals surface area contributed by atoms with Crippen molar-refractivity contribution in [1.29, 1.82) is 0 Å². The summed E-state index contributed by atoms with van der Waals surface area (Å²) in [5.74, 6) is 0. The Morgan fingerprint density at radius 1 is 1.11 bits per heavy atom. The van der Waals surface area contributed by atoms with Crippen LogP contribution in [-0.4, -0.2) is 64.9 Å². The number of piperazine rings is 1. The lowest BCUT2D eigenvalue weighted by Crippen LogP contribution is -2.51. The summed E-state index contributed by atoms with van der Waals surface area (Å²) in [5, 5.41) is 9.13. The quantitative estimate of drug-likeness (QED) is 0.788. The molecule has 0 saturated carbocycles. The van der Waals surface area contributed by atoms with Gasteiger partial charge in [0.15, 0.2) is 0 Å². The van der Waals surface area contributed by atoms with Gasteiger partial charge in [-0.05, 0) is 51.6 Å². The van der Waals surface area contributed by atoms with Crippen LogP contribution in [0.3, 0.4) is 0 Å². The van der Waals surface area contributed by atoms with Gasteiger partial charge in [-0.2, -0.15) is 5.10 Å². The van der Waals surface area contributed by atoms with E-state index in [1.807, 2.05) is 28.9 Å². The molecule has 3 rings (SSSR count). The molecule has 27 heavy (non-hydrogen) atoms. The molecule has 1 fully saturated rings. The summed E-state index contributed by atoms with van der Waals surface area (Å²) in [6.45, 7) is 16.5. The van der Waals surface area contributed by atoms with Crippen LogP contribution < -0.4 is 5.32 Å². The average molecular weight is 390 g/mol. The lowest BCUT2D eigenvalue weighted by molar-refractivity contribution is 0.105. The van der Waals surface area contributed by atoms with E-state index in [2.05, 4.69) is 42.8 Å². The molecule has 6 heteroatoms. The number of aromatic nitrogens is 2. The van der Waals surface area contributed by atoms with Gasteiger partial charge in [-0.25, -0.2) is 4.68 Å².